The van der Waals surface area contributed by atoms with E-state index in [9.17, 15) is 18.0 Å². The quantitative estimate of drug-likeness (QED) is 0.350. The van der Waals surface area contributed by atoms with Crippen LogP contribution in [0.25, 0.3) is 21.5 Å². The van der Waals surface area contributed by atoms with Gasteiger partial charge in [-0.25, -0.2) is 13.4 Å². The summed E-state index contributed by atoms with van der Waals surface area (Å²) in [6, 6.07) is 15.0. The number of benzene rings is 2. The number of oxazole rings is 1. The topological polar surface area (TPSA) is 116 Å². The number of aryl methyl sites for hydroxylation is 1. The molecule has 1 N–H and O–H groups in total. The second-order valence-corrected chi connectivity index (χ2v) is 12.3. The largest absolute Gasteiger partial charge is 0.493 e. The van der Waals surface area contributed by atoms with E-state index in [0.29, 0.717) is 42.0 Å². The van der Waals surface area contributed by atoms with Gasteiger partial charge in [-0.15, -0.1) is 11.3 Å². The minimum atomic E-state index is -3.88. The Morgan fingerprint density at radius 1 is 1.11 bits per heavy atom. The Balaban J connectivity index is 1.29. The van der Waals surface area contributed by atoms with Crippen molar-refractivity contribution in [1.82, 2.24) is 10.3 Å². The van der Waals surface area contributed by atoms with Crippen molar-refractivity contribution in [1.29, 1.82) is 0 Å². The van der Waals surface area contributed by atoms with Gasteiger partial charge in [-0.05, 0) is 53.9 Å². The zero-order valence-electron chi connectivity index (χ0n) is 18.5. The predicted octanol–water partition coefficient (Wildman–Crippen LogP) is 4.71. The van der Waals surface area contributed by atoms with Crippen molar-refractivity contribution >= 4 is 54.2 Å². The Morgan fingerprint density at radius 2 is 1.91 bits per heavy atom. The molecule has 1 saturated heterocycles. The number of aromatic nitrogens is 1. The average Bonchev–Trinajstić information content (AvgIpc) is 3.55. The molecule has 1 aliphatic rings. The third-order valence-electron chi connectivity index (χ3n) is 5.50. The normalized spacial score (nSPS) is 16.1. The van der Waals surface area contributed by atoms with Gasteiger partial charge in [0.05, 0.1) is 18.1 Å². The maximum Gasteiger partial charge on any atom is 0.287 e. The molecule has 2 amide bonds. The Bertz CT molecular complexity index is 1530. The van der Waals surface area contributed by atoms with Gasteiger partial charge in [0, 0.05) is 22.1 Å². The molecular weight excluding hydrogens is 508 g/mol. The second kappa shape index (κ2) is 9.48. The van der Waals surface area contributed by atoms with Gasteiger partial charge in [-0.1, -0.05) is 24.3 Å². The number of carbonyl (C=O) groups is 2. The van der Waals surface area contributed by atoms with Crippen molar-refractivity contribution in [2.45, 2.75) is 23.7 Å². The summed E-state index contributed by atoms with van der Waals surface area (Å²) < 4.78 is 36.8. The molecule has 3 heterocycles. The zero-order chi connectivity index (χ0) is 24.6. The van der Waals surface area contributed by atoms with E-state index in [4.69, 9.17) is 9.15 Å². The van der Waals surface area contributed by atoms with Crippen LogP contribution in [-0.2, 0) is 26.8 Å². The number of imide groups is 1. The van der Waals surface area contributed by atoms with Crippen molar-refractivity contribution in [2.24, 2.45) is 0 Å². The maximum atomic E-state index is 12.8. The number of thiophene rings is 1. The zero-order valence-corrected chi connectivity index (χ0v) is 21.0. The molecule has 8 nitrogen and oxygen atoms in total. The van der Waals surface area contributed by atoms with Crippen LogP contribution in [0.2, 0.25) is 0 Å². The first-order chi connectivity index (χ1) is 16.8. The van der Waals surface area contributed by atoms with Gasteiger partial charge in [0.1, 0.15) is 11.5 Å². The lowest BCUT2D eigenvalue weighted by Crippen LogP contribution is -2.30. The van der Waals surface area contributed by atoms with E-state index in [1.165, 1.54) is 11.3 Å². The van der Waals surface area contributed by atoms with E-state index in [2.05, 4.69) is 4.98 Å². The van der Waals surface area contributed by atoms with Gasteiger partial charge in [0.15, 0.2) is 14.4 Å². The Hall–Kier alpha value is -3.15. The summed E-state index contributed by atoms with van der Waals surface area (Å²) in [6.45, 7) is 2.24. The highest BCUT2D eigenvalue weighted by atomic mass is 32.3. The lowest BCUT2D eigenvalue weighted by atomic mass is 10.1. The smallest absolute Gasteiger partial charge is 0.287 e. The molecule has 0 bridgehead atoms. The molecule has 1 aliphatic heterocycles. The number of nitrogens with zero attached hydrogens (tertiary/aromatic N) is 1. The third kappa shape index (κ3) is 4.84. The second-order valence-electron chi connectivity index (χ2n) is 7.91. The highest BCUT2D eigenvalue weighted by molar-refractivity contribution is 8.24. The molecule has 0 spiro atoms. The summed E-state index contributed by atoms with van der Waals surface area (Å²) in [4.78, 5) is 27.9. The number of ether oxygens (including phenoxy) is 1. The van der Waals surface area contributed by atoms with Crippen LogP contribution in [0.3, 0.4) is 0 Å². The van der Waals surface area contributed by atoms with Crippen LogP contribution in [0, 0.1) is 6.92 Å². The van der Waals surface area contributed by atoms with Crippen molar-refractivity contribution in [3.63, 3.8) is 0 Å². The van der Waals surface area contributed by atoms with E-state index in [1.54, 1.807) is 12.1 Å². The van der Waals surface area contributed by atoms with Gasteiger partial charge >= 0.3 is 0 Å². The van der Waals surface area contributed by atoms with Gasteiger partial charge in [-0.2, -0.15) is 0 Å². The first-order valence-corrected chi connectivity index (χ1v) is 14.2. The minimum absolute atomic E-state index is 0.344. The molecule has 2 aromatic carbocycles. The average molecular weight is 529 g/mol. The number of carbonyl (C=O) groups excluding carboxylic acids is 2. The van der Waals surface area contributed by atoms with Gasteiger partial charge in [0.25, 0.3) is 11.1 Å². The summed E-state index contributed by atoms with van der Waals surface area (Å²) in [6.07, 6.45) is 0.548. The fourth-order valence-electron chi connectivity index (χ4n) is 3.82. The van der Waals surface area contributed by atoms with Crippen molar-refractivity contribution in [2.75, 3.05) is 6.61 Å². The fraction of sp³-hybridized carbons (Fsp3) is 0.208. The molecule has 35 heavy (non-hydrogen) atoms. The highest BCUT2D eigenvalue weighted by Gasteiger charge is 2.42. The van der Waals surface area contributed by atoms with E-state index in [1.807, 2.05) is 54.0 Å². The van der Waals surface area contributed by atoms with Crippen molar-refractivity contribution < 1.29 is 27.2 Å². The van der Waals surface area contributed by atoms with Gasteiger partial charge < -0.3 is 9.15 Å². The van der Waals surface area contributed by atoms with Gasteiger partial charge in [-0.3, -0.25) is 14.9 Å². The first kappa shape index (κ1) is 23.6. The van der Waals surface area contributed by atoms with E-state index in [-0.39, 0.29) is 5.75 Å². The summed E-state index contributed by atoms with van der Waals surface area (Å²) >= 11 is 1.90. The number of thioether (sulfide) groups is 1. The molecule has 1 fully saturated rings. The number of rotatable bonds is 8. The van der Waals surface area contributed by atoms with Crippen molar-refractivity contribution in [3.8, 4) is 17.2 Å². The molecule has 1 unspecified atom stereocenters. The van der Waals surface area contributed by atoms with Gasteiger partial charge in [0.2, 0.25) is 5.89 Å². The standard InChI is InChI=1S/C24H20N2O6S3/c1-14-18(25-22(32-14)15-5-3-2-4-6-15)9-11-31-19-8-7-16(20-17(19)10-12-33-20)13-35(29,30)23-21(27)26-24(28)34-23/h2-8,10,12,23H,9,11,13H2,1H3,(H,26,27,28). The first-order valence-electron chi connectivity index (χ1n) is 10.7. The molecule has 11 heteroatoms. The summed E-state index contributed by atoms with van der Waals surface area (Å²) in [5.74, 6) is 0.805. The summed E-state index contributed by atoms with van der Waals surface area (Å²) in [7, 11) is -3.88. The summed E-state index contributed by atoms with van der Waals surface area (Å²) in [5, 5.41) is 4.04. The lowest BCUT2D eigenvalue weighted by molar-refractivity contribution is -0.117. The highest BCUT2D eigenvalue weighted by Crippen LogP contribution is 2.36. The molecule has 0 aliphatic carbocycles. The number of nitrogens with one attached hydrogen (secondary N) is 1. The molecule has 5 rings (SSSR count). The third-order valence-corrected chi connectivity index (χ3v) is 9.99. The SMILES string of the molecule is Cc1oc(-c2ccccc2)nc1CCOc1ccc(CS(=O)(=O)C2SC(=O)NC2=O)c2sccc12. The number of hydrogen-bond donors (Lipinski definition) is 1. The van der Waals surface area contributed by atoms with Crippen LogP contribution >= 0.6 is 23.1 Å². The summed E-state index contributed by atoms with van der Waals surface area (Å²) in [5.41, 5.74) is 2.29. The molecule has 1 atom stereocenters. The van der Waals surface area contributed by atoms with Crippen LogP contribution in [0.15, 0.2) is 58.3 Å². The van der Waals surface area contributed by atoms with Crippen LogP contribution < -0.4 is 10.1 Å². The number of hydrogen-bond acceptors (Lipinski definition) is 9. The predicted molar refractivity (Wildman–Crippen MR) is 135 cm³/mol. The lowest BCUT2D eigenvalue weighted by Gasteiger charge is -2.11. The Labute approximate surface area is 209 Å². The maximum absolute atomic E-state index is 12.8. The fourth-order valence-corrected chi connectivity index (χ4v) is 7.63. The molecular formula is C24H20N2O6S3. The van der Waals surface area contributed by atoms with E-state index in [0.717, 1.165) is 27.1 Å². The monoisotopic (exact) mass is 528 g/mol. The number of fused-ring (bicyclic) bond motifs is 1. The molecule has 0 radical (unpaired) electrons. The number of amides is 2. The van der Waals surface area contributed by atoms with E-state index >= 15 is 0 Å². The molecule has 4 aromatic rings. The molecule has 2 aromatic heterocycles. The van der Waals surface area contributed by atoms with Crippen LogP contribution in [0.1, 0.15) is 17.0 Å². The number of sulfone groups is 1. The Morgan fingerprint density at radius 3 is 2.66 bits per heavy atom. The van der Waals surface area contributed by atoms with Crippen LogP contribution in [-0.4, -0.2) is 35.7 Å². The minimum Gasteiger partial charge on any atom is -0.493 e. The Kier molecular flexibility index (Phi) is 6.39. The molecule has 0 saturated carbocycles. The van der Waals surface area contributed by atoms with Crippen molar-refractivity contribution in [3.05, 3.63) is 70.9 Å². The van der Waals surface area contributed by atoms with Crippen LogP contribution in [0.5, 0.6) is 5.75 Å². The van der Waals surface area contributed by atoms with Crippen LogP contribution in [0.4, 0.5) is 4.79 Å². The van der Waals surface area contributed by atoms with E-state index < -0.39 is 25.6 Å². The molecule has 180 valence electrons.